The van der Waals surface area contributed by atoms with Crippen LogP contribution in [0.5, 0.6) is 5.75 Å². The molecule has 2 heteroatoms. The summed E-state index contributed by atoms with van der Waals surface area (Å²) in [6, 6.07) is 7.24. The van der Waals surface area contributed by atoms with Crippen molar-refractivity contribution in [3.05, 3.63) is 29.8 Å². The molecule has 0 saturated heterocycles. The van der Waals surface area contributed by atoms with E-state index >= 15 is 0 Å². The lowest BCUT2D eigenvalue weighted by molar-refractivity contribution is -0.111. The molecule has 88 valence electrons. The summed E-state index contributed by atoms with van der Waals surface area (Å²) < 4.78 is 0. The van der Waals surface area contributed by atoms with Crippen molar-refractivity contribution in [2.45, 2.75) is 39.0 Å². The lowest BCUT2D eigenvalue weighted by Crippen LogP contribution is -2.06. The lowest BCUT2D eigenvalue weighted by atomic mass is 9.94. The van der Waals surface area contributed by atoms with Gasteiger partial charge in [-0.15, -0.1) is 0 Å². The SMILES string of the molecule is CCCCCC(C=O)Cc1ccccc1O. The number of para-hydroxylation sites is 1. The molecule has 1 aromatic carbocycles. The molecule has 0 bridgehead atoms. The zero-order valence-electron chi connectivity index (χ0n) is 9.86. The maximum absolute atomic E-state index is 10.9. The highest BCUT2D eigenvalue weighted by molar-refractivity contribution is 5.54. The van der Waals surface area contributed by atoms with Crippen LogP contribution in [0, 0.1) is 5.92 Å². The highest BCUT2D eigenvalue weighted by Crippen LogP contribution is 2.21. The first-order chi connectivity index (χ1) is 7.77. The third kappa shape index (κ3) is 4.05. The first-order valence-electron chi connectivity index (χ1n) is 6.00. The summed E-state index contributed by atoms with van der Waals surface area (Å²) in [7, 11) is 0. The molecule has 0 aromatic heterocycles. The number of aldehydes is 1. The van der Waals surface area contributed by atoms with E-state index in [-0.39, 0.29) is 5.92 Å². The third-order valence-corrected chi connectivity index (χ3v) is 2.84. The van der Waals surface area contributed by atoms with Crippen molar-refractivity contribution in [1.82, 2.24) is 0 Å². The number of unbranched alkanes of at least 4 members (excludes halogenated alkanes) is 2. The highest BCUT2D eigenvalue weighted by atomic mass is 16.3. The molecule has 1 N–H and O–H groups in total. The van der Waals surface area contributed by atoms with Crippen LogP contribution in [0.1, 0.15) is 38.2 Å². The van der Waals surface area contributed by atoms with Crippen LogP contribution in [0.15, 0.2) is 24.3 Å². The second kappa shape index (κ2) is 7.04. The van der Waals surface area contributed by atoms with E-state index in [0.717, 1.165) is 24.7 Å². The van der Waals surface area contributed by atoms with Gasteiger partial charge in [0, 0.05) is 5.92 Å². The maximum atomic E-state index is 10.9. The Balaban J connectivity index is 2.50. The molecule has 0 aliphatic carbocycles. The molecule has 16 heavy (non-hydrogen) atoms. The zero-order valence-corrected chi connectivity index (χ0v) is 9.86. The van der Waals surface area contributed by atoms with E-state index < -0.39 is 0 Å². The number of hydrogen-bond acceptors (Lipinski definition) is 2. The second-order valence-corrected chi connectivity index (χ2v) is 4.22. The quantitative estimate of drug-likeness (QED) is 0.565. The summed E-state index contributed by atoms with van der Waals surface area (Å²) in [6.07, 6.45) is 6.02. The van der Waals surface area contributed by atoms with E-state index in [9.17, 15) is 9.90 Å². The van der Waals surface area contributed by atoms with Crippen LogP contribution < -0.4 is 0 Å². The number of phenolic OH excluding ortho intramolecular Hbond substituents is 1. The molecule has 1 rings (SSSR count). The monoisotopic (exact) mass is 220 g/mol. The van der Waals surface area contributed by atoms with E-state index in [1.54, 1.807) is 12.1 Å². The van der Waals surface area contributed by atoms with Gasteiger partial charge < -0.3 is 9.90 Å². The van der Waals surface area contributed by atoms with Crippen molar-refractivity contribution in [2.24, 2.45) is 5.92 Å². The number of rotatable bonds is 7. The van der Waals surface area contributed by atoms with Crippen molar-refractivity contribution in [1.29, 1.82) is 0 Å². The molecule has 0 spiro atoms. The molecule has 1 aromatic rings. The molecule has 1 atom stereocenters. The predicted molar refractivity (Wildman–Crippen MR) is 65.5 cm³/mol. The Labute approximate surface area is 97.3 Å². The minimum absolute atomic E-state index is 0.0415. The summed E-state index contributed by atoms with van der Waals surface area (Å²) in [4.78, 5) is 10.9. The Hall–Kier alpha value is -1.31. The molecule has 0 fully saturated rings. The van der Waals surface area contributed by atoms with Crippen LogP contribution in [-0.4, -0.2) is 11.4 Å². The number of hydrogen-bond donors (Lipinski definition) is 1. The smallest absolute Gasteiger partial charge is 0.123 e. The van der Waals surface area contributed by atoms with Gasteiger partial charge >= 0.3 is 0 Å². The average Bonchev–Trinajstić information content (AvgIpc) is 2.30. The highest BCUT2D eigenvalue weighted by Gasteiger charge is 2.10. The maximum Gasteiger partial charge on any atom is 0.123 e. The number of carbonyl (C=O) groups is 1. The van der Waals surface area contributed by atoms with Gasteiger partial charge in [0.15, 0.2) is 0 Å². The van der Waals surface area contributed by atoms with Gasteiger partial charge in [-0.2, -0.15) is 0 Å². The van der Waals surface area contributed by atoms with Gasteiger partial charge in [0.25, 0.3) is 0 Å². The van der Waals surface area contributed by atoms with Gasteiger partial charge in [0.05, 0.1) is 0 Å². The molecule has 0 saturated carbocycles. The fraction of sp³-hybridized carbons (Fsp3) is 0.500. The van der Waals surface area contributed by atoms with Crippen LogP contribution in [-0.2, 0) is 11.2 Å². The van der Waals surface area contributed by atoms with Crippen molar-refractivity contribution >= 4 is 6.29 Å². The Kier molecular flexibility index (Phi) is 5.62. The summed E-state index contributed by atoms with van der Waals surface area (Å²) in [5.74, 6) is 0.338. The first kappa shape index (κ1) is 12.8. The van der Waals surface area contributed by atoms with E-state index in [1.165, 1.54) is 12.8 Å². The Morgan fingerprint density at radius 2 is 2.06 bits per heavy atom. The van der Waals surface area contributed by atoms with E-state index in [0.29, 0.717) is 12.2 Å². The first-order valence-corrected chi connectivity index (χ1v) is 6.00. The minimum atomic E-state index is 0.0415. The Morgan fingerprint density at radius 1 is 1.31 bits per heavy atom. The summed E-state index contributed by atoms with van der Waals surface area (Å²) in [5.41, 5.74) is 0.871. The van der Waals surface area contributed by atoms with Crippen molar-refractivity contribution in [3.8, 4) is 5.75 Å². The van der Waals surface area contributed by atoms with Gasteiger partial charge in [-0.3, -0.25) is 0 Å². The van der Waals surface area contributed by atoms with Gasteiger partial charge in [-0.25, -0.2) is 0 Å². The number of aromatic hydroxyl groups is 1. The summed E-state index contributed by atoms with van der Waals surface area (Å²) >= 11 is 0. The van der Waals surface area contributed by atoms with Crippen molar-refractivity contribution in [3.63, 3.8) is 0 Å². The standard InChI is InChI=1S/C14H20O2/c1-2-3-4-7-12(11-15)10-13-8-5-6-9-14(13)16/h5-6,8-9,11-12,16H,2-4,7,10H2,1H3. The summed E-state index contributed by atoms with van der Waals surface area (Å²) in [6.45, 7) is 2.15. The van der Waals surface area contributed by atoms with Crippen molar-refractivity contribution < 1.29 is 9.90 Å². The van der Waals surface area contributed by atoms with Gasteiger partial charge in [-0.1, -0.05) is 44.4 Å². The van der Waals surface area contributed by atoms with E-state index in [4.69, 9.17) is 0 Å². The van der Waals surface area contributed by atoms with Gasteiger partial charge in [0.2, 0.25) is 0 Å². The normalized spacial score (nSPS) is 12.3. The van der Waals surface area contributed by atoms with Gasteiger partial charge in [-0.05, 0) is 24.5 Å². The molecular formula is C14H20O2. The van der Waals surface area contributed by atoms with Crippen LogP contribution >= 0.6 is 0 Å². The fourth-order valence-corrected chi connectivity index (χ4v) is 1.84. The largest absolute Gasteiger partial charge is 0.508 e. The van der Waals surface area contributed by atoms with Gasteiger partial charge in [0.1, 0.15) is 12.0 Å². The Bertz CT molecular complexity index is 320. The Morgan fingerprint density at radius 3 is 2.69 bits per heavy atom. The topological polar surface area (TPSA) is 37.3 Å². The van der Waals surface area contributed by atoms with Crippen LogP contribution in [0.3, 0.4) is 0 Å². The third-order valence-electron chi connectivity index (χ3n) is 2.84. The average molecular weight is 220 g/mol. The lowest BCUT2D eigenvalue weighted by Gasteiger charge is -2.10. The molecule has 2 nitrogen and oxygen atoms in total. The number of phenols is 1. The van der Waals surface area contributed by atoms with Crippen LogP contribution in [0.25, 0.3) is 0 Å². The second-order valence-electron chi connectivity index (χ2n) is 4.22. The molecule has 0 amide bonds. The molecular weight excluding hydrogens is 200 g/mol. The molecule has 0 aliphatic rings. The van der Waals surface area contributed by atoms with E-state index in [1.807, 2.05) is 12.1 Å². The molecule has 0 aliphatic heterocycles. The molecule has 1 unspecified atom stereocenters. The number of carbonyl (C=O) groups excluding carboxylic acids is 1. The zero-order chi connectivity index (χ0) is 11.8. The molecule has 0 heterocycles. The van der Waals surface area contributed by atoms with Crippen molar-refractivity contribution in [2.75, 3.05) is 0 Å². The van der Waals surface area contributed by atoms with Crippen LogP contribution in [0.2, 0.25) is 0 Å². The van der Waals surface area contributed by atoms with Crippen LogP contribution in [0.4, 0.5) is 0 Å². The fourth-order valence-electron chi connectivity index (χ4n) is 1.84. The number of benzene rings is 1. The predicted octanol–water partition coefficient (Wildman–Crippen LogP) is 3.33. The minimum Gasteiger partial charge on any atom is -0.508 e. The summed E-state index contributed by atoms with van der Waals surface area (Å²) in [5, 5.41) is 9.61. The molecule has 0 radical (unpaired) electrons. The van der Waals surface area contributed by atoms with E-state index in [2.05, 4.69) is 6.92 Å².